The van der Waals surface area contributed by atoms with Crippen LogP contribution in [0.15, 0.2) is 0 Å². The fourth-order valence-electron chi connectivity index (χ4n) is 0.0645. The third-order valence-electron chi connectivity index (χ3n) is 0.545. The molecule has 0 bridgehead atoms. The quantitative estimate of drug-likeness (QED) is 0.552. The van der Waals surface area contributed by atoms with E-state index in [9.17, 15) is 0 Å². The summed E-state index contributed by atoms with van der Waals surface area (Å²) in [7, 11) is 0. The Labute approximate surface area is 74.5 Å². The number of hydrogen-bond donors (Lipinski definition) is 0. The van der Waals surface area contributed by atoms with Crippen molar-refractivity contribution in [1.29, 1.82) is 0 Å². The maximum absolute atomic E-state index is 4.97. The predicted molar refractivity (Wildman–Crippen MR) is 37.7 cm³/mol. The third kappa shape index (κ3) is 4.26. The van der Waals surface area contributed by atoms with Crippen LogP contribution in [0.2, 0.25) is 0 Å². The zero-order valence-corrected chi connectivity index (χ0v) is 9.54. The van der Waals surface area contributed by atoms with Gasteiger partial charge in [-0.1, -0.05) is 0 Å². The number of rotatable bonds is 2. The fraction of sp³-hybridized carbons (Fsp3) is 1.00. The molecule has 0 unspecified atom stereocenters. The van der Waals surface area contributed by atoms with Gasteiger partial charge in [0.1, 0.15) is 0 Å². The number of halogens is 2. The van der Waals surface area contributed by atoms with Crippen LogP contribution in [0.5, 0.6) is 0 Å². The molecule has 0 aromatic rings. The van der Waals surface area contributed by atoms with E-state index in [4.69, 9.17) is 3.02 Å². The average Bonchev–Trinajstić information content (AvgIpc) is 1.68. The first-order valence-electron chi connectivity index (χ1n) is 1.83. The first-order valence-corrected chi connectivity index (χ1v) is 4.45. The van der Waals surface area contributed by atoms with Crippen LogP contribution in [-0.4, -0.2) is 26.9 Å². The molecule has 4 heteroatoms. The normalized spacial score (nSPS) is 12.0. The molecule has 0 N–H and O–H groups in total. The van der Waals surface area contributed by atoms with Gasteiger partial charge in [0, 0.05) is 0 Å². The second kappa shape index (κ2) is 3.70. The molecule has 0 saturated heterocycles. The van der Waals surface area contributed by atoms with Gasteiger partial charge in [0.15, 0.2) is 0 Å². The van der Waals surface area contributed by atoms with Crippen LogP contribution in [0, 0.1) is 0 Å². The van der Waals surface area contributed by atoms with Gasteiger partial charge in [-0.15, -0.1) is 0 Å². The van der Waals surface area contributed by atoms with E-state index in [2.05, 4.69) is 31.9 Å². The molecule has 0 aromatic heterocycles. The van der Waals surface area contributed by atoms with E-state index in [0.717, 1.165) is 6.42 Å². The number of hydrogen-bond acceptors (Lipinski definition) is 1. The van der Waals surface area contributed by atoms with Crippen molar-refractivity contribution < 1.29 is 3.02 Å². The van der Waals surface area contributed by atoms with Crippen molar-refractivity contribution in [3.63, 3.8) is 0 Å². The molecule has 0 fully saturated rings. The topological polar surface area (TPSA) is 9.23 Å². The zero-order chi connectivity index (χ0) is 5.91. The summed E-state index contributed by atoms with van der Waals surface area (Å²) in [5, 5.41) is 0. The van der Waals surface area contributed by atoms with Gasteiger partial charge in [0.05, 0.1) is 0 Å². The summed E-state index contributed by atoms with van der Waals surface area (Å²) in [6.45, 7) is 2.03. The Balaban J connectivity index is 3.36. The van der Waals surface area contributed by atoms with Crippen LogP contribution < -0.4 is 0 Å². The Morgan fingerprint density at radius 2 is 2.14 bits per heavy atom. The molecule has 0 atom stereocenters. The van der Waals surface area contributed by atoms with E-state index >= 15 is 0 Å². The van der Waals surface area contributed by atoms with E-state index in [0.29, 0.717) is 0 Å². The number of alkyl halides is 2. The van der Waals surface area contributed by atoms with Gasteiger partial charge in [0.25, 0.3) is 0 Å². The molecule has 42 valence electrons. The molecule has 0 aliphatic carbocycles. The molecule has 0 heterocycles. The van der Waals surface area contributed by atoms with Crippen molar-refractivity contribution in [2.45, 2.75) is 16.8 Å². The molecule has 0 aliphatic heterocycles. The summed E-state index contributed by atoms with van der Waals surface area (Å²) in [5.74, 6) is 0. The molecule has 0 spiro atoms. The summed E-state index contributed by atoms with van der Waals surface area (Å²) >= 11 is 7.90. The van der Waals surface area contributed by atoms with Crippen LogP contribution >= 0.6 is 31.9 Å². The van der Waals surface area contributed by atoms with Crippen molar-refractivity contribution in [1.82, 2.24) is 0 Å². The first-order chi connectivity index (χ1) is 3.12. The molecule has 0 amide bonds. The van der Waals surface area contributed by atoms with Crippen molar-refractivity contribution in [2.24, 2.45) is 0 Å². The second-order valence-corrected chi connectivity index (χ2v) is 5.23. The standard InChI is InChI=1S/C3H5Br2O.Sb/c1-2-3(4,5)6;/h2H2,1H3;/q-1;+1. The molecule has 0 aliphatic rings. The molecule has 7 heavy (non-hydrogen) atoms. The molecule has 1 nitrogen and oxygen atoms in total. The van der Waals surface area contributed by atoms with Gasteiger partial charge in [-0.05, 0) is 0 Å². The molecule has 0 aromatic carbocycles. The van der Waals surface area contributed by atoms with E-state index in [1.807, 2.05) is 6.92 Å². The van der Waals surface area contributed by atoms with E-state index < -0.39 is 0 Å². The van der Waals surface area contributed by atoms with Gasteiger partial charge in [-0.25, -0.2) is 0 Å². The summed E-state index contributed by atoms with van der Waals surface area (Å²) in [5.41, 5.74) is 0. The van der Waals surface area contributed by atoms with E-state index in [1.54, 1.807) is 0 Å². The Hall–Kier alpha value is 1.74. The van der Waals surface area contributed by atoms with Crippen LogP contribution in [0.1, 0.15) is 13.3 Å². The summed E-state index contributed by atoms with van der Waals surface area (Å²) < 4.78 is 4.70. The molecule has 0 saturated carbocycles. The molecule has 2 radical (unpaired) electrons. The van der Waals surface area contributed by atoms with Gasteiger partial charge < -0.3 is 0 Å². The van der Waals surface area contributed by atoms with Gasteiger partial charge in [-0.2, -0.15) is 0 Å². The summed E-state index contributed by atoms with van der Waals surface area (Å²) in [6, 6.07) is 0. The van der Waals surface area contributed by atoms with Gasteiger partial charge >= 0.3 is 75.1 Å². The molecular formula is C3H5Br2OSb. The van der Waals surface area contributed by atoms with Gasteiger partial charge in [-0.3, -0.25) is 0 Å². The fourth-order valence-corrected chi connectivity index (χ4v) is 0.433. The average molecular weight is 339 g/mol. The Morgan fingerprint density at radius 1 is 1.71 bits per heavy atom. The van der Waals surface area contributed by atoms with Crippen LogP contribution in [0.3, 0.4) is 0 Å². The van der Waals surface area contributed by atoms with Crippen molar-refractivity contribution >= 4 is 55.3 Å². The predicted octanol–water partition coefficient (Wildman–Crippen LogP) is 1.94. The summed E-state index contributed by atoms with van der Waals surface area (Å²) in [4.78, 5) is 0. The van der Waals surface area contributed by atoms with Crippen molar-refractivity contribution in [3.8, 4) is 0 Å². The second-order valence-electron chi connectivity index (χ2n) is 1.08. The Morgan fingerprint density at radius 3 is 2.14 bits per heavy atom. The first kappa shape index (κ1) is 8.74. The maximum atomic E-state index is 4.97. The van der Waals surface area contributed by atoms with E-state index in [-0.39, 0.29) is 3.42 Å². The van der Waals surface area contributed by atoms with Crippen LogP contribution in [-0.2, 0) is 3.02 Å². The molecule has 0 rings (SSSR count). The Bertz CT molecular complexity index is 50.9. The minimum atomic E-state index is -0.269. The van der Waals surface area contributed by atoms with Crippen molar-refractivity contribution in [2.75, 3.05) is 0 Å². The van der Waals surface area contributed by atoms with Crippen molar-refractivity contribution in [3.05, 3.63) is 0 Å². The van der Waals surface area contributed by atoms with Gasteiger partial charge in [0.2, 0.25) is 0 Å². The Kier molecular flexibility index (Phi) is 4.62. The minimum absolute atomic E-state index is 0.269. The third-order valence-corrected chi connectivity index (χ3v) is 4.37. The van der Waals surface area contributed by atoms with Crippen LogP contribution in [0.25, 0.3) is 0 Å². The SMILES string of the molecule is CCC(Br)(Br)[O][Sb]. The van der Waals surface area contributed by atoms with E-state index in [1.165, 1.54) is 23.4 Å². The molecular weight excluding hydrogens is 334 g/mol. The zero-order valence-electron chi connectivity index (χ0n) is 3.82. The summed E-state index contributed by atoms with van der Waals surface area (Å²) in [6.07, 6.45) is 0.919. The van der Waals surface area contributed by atoms with Crippen LogP contribution in [0.4, 0.5) is 0 Å². The monoisotopic (exact) mass is 336 g/mol.